The third-order valence-electron chi connectivity index (χ3n) is 4.18. The fourth-order valence-electron chi connectivity index (χ4n) is 2.86. The molecule has 136 valence electrons. The van der Waals surface area contributed by atoms with E-state index in [9.17, 15) is 14.7 Å². The number of aromatic carboxylic acids is 1. The fourth-order valence-corrected chi connectivity index (χ4v) is 2.86. The summed E-state index contributed by atoms with van der Waals surface area (Å²) in [6.07, 6.45) is -0.378. The molecule has 0 radical (unpaired) electrons. The average molecular weight is 356 g/mol. The monoisotopic (exact) mass is 356 g/mol. The minimum Gasteiger partial charge on any atom is -0.491 e. The van der Waals surface area contributed by atoms with Crippen molar-refractivity contribution in [2.75, 3.05) is 7.11 Å². The molecule has 1 N–H and O–H groups in total. The van der Waals surface area contributed by atoms with Crippen LogP contribution in [0, 0.1) is 0 Å². The molecule has 3 rings (SSSR count). The molecule has 0 aliphatic carbocycles. The van der Waals surface area contributed by atoms with E-state index in [0.29, 0.717) is 27.9 Å². The Morgan fingerprint density at radius 2 is 1.85 bits per heavy atom. The number of carboxylic acids is 1. The predicted octanol–water partition coefficient (Wildman–Crippen LogP) is 4.14. The second-order valence-corrected chi connectivity index (χ2v) is 6.38. The van der Waals surface area contributed by atoms with Crippen molar-refractivity contribution in [1.29, 1.82) is 0 Å². The molecular formula is C20H20O6. The Bertz CT molecular complexity index is 1050. The van der Waals surface area contributed by atoms with Crippen molar-refractivity contribution in [3.8, 4) is 5.75 Å². The molecule has 1 unspecified atom stereocenters. The lowest BCUT2D eigenvalue weighted by atomic mass is 10.0. The first kappa shape index (κ1) is 17.9. The highest BCUT2D eigenvalue weighted by molar-refractivity contribution is 5.96. The maximum Gasteiger partial charge on any atom is 0.335 e. The van der Waals surface area contributed by atoms with Crippen molar-refractivity contribution in [3.05, 3.63) is 51.7 Å². The van der Waals surface area contributed by atoms with Gasteiger partial charge in [0.05, 0.1) is 28.5 Å². The highest BCUT2D eigenvalue weighted by Gasteiger charge is 2.18. The van der Waals surface area contributed by atoms with Crippen molar-refractivity contribution in [2.24, 2.45) is 0 Å². The fraction of sp³-hybridized carbons (Fsp3) is 0.300. The summed E-state index contributed by atoms with van der Waals surface area (Å²) in [6, 6.07) is 7.67. The van der Waals surface area contributed by atoms with Gasteiger partial charge in [0.15, 0.2) is 0 Å². The molecule has 0 saturated carbocycles. The lowest BCUT2D eigenvalue weighted by Crippen LogP contribution is -2.10. The van der Waals surface area contributed by atoms with Crippen LogP contribution < -0.4 is 10.2 Å². The minimum atomic E-state index is -1.10. The molecule has 0 amide bonds. The first-order chi connectivity index (χ1) is 12.3. The average Bonchev–Trinajstić information content (AvgIpc) is 2.60. The molecule has 6 nitrogen and oxygen atoms in total. The van der Waals surface area contributed by atoms with Crippen LogP contribution in [0.1, 0.15) is 42.8 Å². The van der Waals surface area contributed by atoms with Crippen molar-refractivity contribution in [1.82, 2.24) is 0 Å². The molecule has 0 aliphatic rings. The molecule has 1 aromatic heterocycles. The maximum absolute atomic E-state index is 13.0. The molecule has 3 aromatic rings. The van der Waals surface area contributed by atoms with Gasteiger partial charge in [-0.05, 0) is 51.1 Å². The number of fused-ring (bicyclic) bond motifs is 2. The summed E-state index contributed by atoms with van der Waals surface area (Å²) in [6.45, 7) is 5.64. The Labute approximate surface area is 149 Å². The van der Waals surface area contributed by atoms with E-state index >= 15 is 0 Å². The summed E-state index contributed by atoms with van der Waals surface area (Å²) in [5, 5.41) is 9.72. The van der Waals surface area contributed by atoms with E-state index in [1.54, 1.807) is 19.2 Å². The zero-order valence-corrected chi connectivity index (χ0v) is 15.0. The van der Waals surface area contributed by atoms with Crippen LogP contribution in [0.4, 0.5) is 0 Å². The number of hydrogen-bond acceptors (Lipinski definition) is 5. The van der Waals surface area contributed by atoms with Crippen LogP contribution in [0.15, 0.2) is 39.5 Å². The zero-order chi connectivity index (χ0) is 19.0. The second-order valence-electron chi connectivity index (χ2n) is 6.38. The number of benzene rings is 2. The number of ether oxygens (including phenoxy) is 2. The minimum absolute atomic E-state index is 0.0317. The zero-order valence-electron chi connectivity index (χ0n) is 15.0. The summed E-state index contributed by atoms with van der Waals surface area (Å²) < 4.78 is 17.1. The van der Waals surface area contributed by atoms with Gasteiger partial charge in [-0.3, -0.25) is 4.79 Å². The molecule has 1 atom stereocenters. The highest BCUT2D eigenvalue weighted by atomic mass is 16.5. The van der Waals surface area contributed by atoms with E-state index in [-0.39, 0.29) is 28.6 Å². The van der Waals surface area contributed by atoms with E-state index in [1.165, 1.54) is 18.2 Å². The first-order valence-electron chi connectivity index (χ1n) is 8.29. The Balaban J connectivity index is 2.39. The van der Waals surface area contributed by atoms with Gasteiger partial charge in [-0.15, -0.1) is 0 Å². The number of rotatable bonds is 5. The van der Waals surface area contributed by atoms with Gasteiger partial charge < -0.3 is 19.0 Å². The molecular weight excluding hydrogens is 336 g/mol. The van der Waals surface area contributed by atoms with Gasteiger partial charge in [0.2, 0.25) is 5.43 Å². The predicted molar refractivity (Wildman–Crippen MR) is 98.1 cm³/mol. The van der Waals surface area contributed by atoms with Gasteiger partial charge >= 0.3 is 5.97 Å². The summed E-state index contributed by atoms with van der Waals surface area (Å²) in [4.78, 5) is 24.2. The standard InChI is InChI=1S/C20H20O6/c1-10(2)25-13-8-14(11(3)24-4)19-16(9-13)18(21)15-7-12(20(22)23)5-6-17(15)26-19/h5-11H,1-4H3,(H,22,23). The van der Waals surface area contributed by atoms with E-state index < -0.39 is 5.97 Å². The van der Waals surface area contributed by atoms with Gasteiger partial charge in [0.1, 0.15) is 16.9 Å². The Kier molecular flexibility index (Phi) is 4.70. The van der Waals surface area contributed by atoms with Crippen molar-refractivity contribution in [2.45, 2.75) is 33.0 Å². The molecule has 0 fully saturated rings. The van der Waals surface area contributed by atoms with Gasteiger partial charge in [-0.2, -0.15) is 0 Å². The van der Waals surface area contributed by atoms with Crippen molar-refractivity contribution < 1.29 is 23.8 Å². The van der Waals surface area contributed by atoms with Crippen molar-refractivity contribution in [3.63, 3.8) is 0 Å². The Hall–Kier alpha value is -2.86. The van der Waals surface area contributed by atoms with E-state index in [4.69, 9.17) is 13.9 Å². The third kappa shape index (κ3) is 3.15. The topological polar surface area (TPSA) is 86.0 Å². The Morgan fingerprint density at radius 3 is 2.46 bits per heavy atom. The van der Waals surface area contributed by atoms with Crippen LogP contribution >= 0.6 is 0 Å². The van der Waals surface area contributed by atoms with Gasteiger partial charge in [0, 0.05) is 12.7 Å². The molecule has 6 heteroatoms. The van der Waals surface area contributed by atoms with Crippen LogP contribution in [-0.4, -0.2) is 24.3 Å². The molecule has 26 heavy (non-hydrogen) atoms. The molecule has 2 aromatic carbocycles. The second kappa shape index (κ2) is 6.80. The van der Waals surface area contributed by atoms with Crippen LogP contribution in [0.5, 0.6) is 5.75 Å². The quantitative estimate of drug-likeness (QED) is 0.692. The SMILES string of the molecule is COC(C)c1cc(OC(C)C)cc2c(=O)c3cc(C(=O)O)ccc3oc12. The normalized spacial score (nSPS) is 12.7. The summed E-state index contributed by atoms with van der Waals surface area (Å²) in [5.74, 6) is -0.565. The summed E-state index contributed by atoms with van der Waals surface area (Å²) >= 11 is 0. The maximum atomic E-state index is 13.0. The number of methoxy groups -OCH3 is 1. The van der Waals surface area contributed by atoms with E-state index in [1.807, 2.05) is 20.8 Å². The van der Waals surface area contributed by atoms with Crippen LogP contribution in [-0.2, 0) is 4.74 Å². The van der Waals surface area contributed by atoms with Crippen LogP contribution in [0.2, 0.25) is 0 Å². The van der Waals surface area contributed by atoms with Crippen LogP contribution in [0.3, 0.4) is 0 Å². The lowest BCUT2D eigenvalue weighted by molar-refractivity contribution is 0.0697. The molecule has 0 bridgehead atoms. The number of carboxylic acid groups (broad SMARTS) is 1. The lowest BCUT2D eigenvalue weighted by Gasteiger charge is -2.16. The first-order valence-corrected chi connectivity index (χ1v) is 8.29. The van der Waals surface area contributed by atoms with Crippen LogP contribution in [0.25, 0.3) is 21.9 Å². The smallest absolute Gasteiger partial charge is 0.335 e. The van der Waals surface area contributed by atoms with Gasteiger partial charge in [-0.25, -0.2) is 4.79 Å². The summed E-state index contributed by atoms with van der Waals surface area (Å²) in [7, 11) is 1.57. The molecule has 0 spiro atoms. The highest BCUT2D eigenvalue weighted by Crippen LogP contribution is 2.32. The largest absolute Gasteiger partial charge is 0.491 e. The van der Waals surface area contributed by atoms with Crippen molar-refractivity contribution >= 4 is 27.9 Å². The Morgan fingerprint density at radius 1 is 1.12 bits per heavy atom. The van der Waals surface area contributed by atoms with E-state index in [2.05, 4.69) is 0 Å². The molecule has 0 aliphatic heterocycles. The molecule has 0 saturated heterocycles. The van der Waals surface area contributed by atoms with E-state index in [0.717, 1.165) is 0 Å². The summed E-state index contributed by atoms with van der Waals surface area (Å²) in [5.41, 5.74) is 1.17. The third-order valence-corrected chi connectivity index (χ3v) is 4.18. The number of carbonyl (C=O) groups is 1. The van der Waals surface area contributed by atoms with Gasteiger partial charge in [0.25, 0.3) is 0 Å². The molecule has 1 heterocycles. The van der Waals surface area contributed by atoms with Gasteiger partial charge in [-0.1, -0.05) is 0 Å². The number of hydrogen-bond donors (Lipinski definition) is 1.